The number of ether oxygens (including phenoxy) is 2. The van der Waals surface area contributed by atoms with E-state index in [1.807, 2.05) is 30.3 Å². The van der Waals surface area contributed by atoms with Gasteiger partial charge in [0.05, 0.1) is 28.9 Å². The van der Waals surface area contributed by atoms with Gasteiger partial charge in [0.2, 0.25) is 5.89 Å². The van der Waals surface area contributed by atoms with Gasteiger partial charge in [-0.2, -0.15) is 0 Å². The van der Waals surface area contributed by atoms with Gasteiger partial charge >= 0.3 is 11.9 Å². The first kappa shape index (κ1) is 19.7. The van der Waals surface area contributed by atoms with Gasteiger partial charge in [-0.05, 0) is 13.0 Å². The van der Waals surface area contributed by atoms with Gasteiger partial charge in [-0.25, -0.2) is 14.6 Å². The van der Waals surface area contributed by atoms with E-state index in [4.69, 9.17) is 13.9 Å². The highest BCUT2D eigenvalue weighted by molar-refractivity contribution is 5.96. The number of nitro benzene ring substituents is 1. The molecule has 3 aromatic rings. The highest BCUT2D eigenvalue weighted by Crippen LogP contribution is 2.22. The minimum Gasteiger partial charge on any atom is -0.462 e. The smallest absolute Gasteiger partial charge is 0.338 e. The Morgan fingerprint density at radius 1 is 1.07 bits per heavy atom. The van der Waals surface area contributed by atoms with E-state index in [1.54, 1.807) is 6.92 Å². The molecule has 0 aliphatic rings. The van der Waals surface area contributed by atoms with E-state index < -0.39 is 22.5 Å². The number of carbonyl (C=O) groups is 2. The van der Waals surface area contributed by atoms with Crippen molar-refractivity contribution in [3.8, 4) is 11.3 Å². The lowest BCUT2D eigenvalue weighted by Crippen LogP contribution is -2.10. The third kappa shape index (κ3) is 4.83. The number of carbonyl (C=O) groups excluding carboxylic acids is 2. The van der Waals surface area contributed by atoms with Crippen molar-refractivity contribution in [1.29, 1.82) is 0 Å². The van der Waals surface area contributed by atoms with Crippen LogP contribution in [0.5, 0.6) is 0 Å². The van der Waals surface area contributed by atoms with Gasteiger partial charge in [0.1, 0.15) is 0 Å². The van der Waals surface area contributed by atoms with Crippen LogP contribution >= 0.6 is 0 Å². The number of hydrogen-bond acceptors (Lipinski definition) is 8. The SMILES string of the molecule is CCOC(=O)c1cc(C(=O)OCc2ncc(-c3ccccc3)o2)cc([N+](=O)[O-])c1. The summed E-state index contributed by atoms with van der Waals surface area (Å²) in [4.78, 5) is 38.7. The quantitative estimate of drug-likeness (QED) is 0.336. The number of esters is 2. The van der Waals surface area contributed by atoms with Crippen LogP contribution in [0.15, 0.2) is 59.1 Å². The molecule has 1 heterocycles. The molecule has 0 radical (unpaired) electrons. The molecule has 2 aromatic carbocycles. The zero-order valence-corrected chi connectivity index (χ0v) is 15.4. The van der Waals surface area contributed by atoms with Crippen molar-refractivity contribution in [2.75, 3.05) is 6.61 Å². The summed E-state index contributed by atoms with van der Waals surface area (Å²) < 4.78 is 15.5. The van der Waals surface area contributed by atoms with Crippen LogP contribution in [0, 0.1) is 10.1 Å². The van der Waals surface area contributed by atoms with E-state index in [-0.39, 0.29) is 30.2 Å². The molecule has 0 atom stereocenters. The molecule has 3 rings (SSSR count). The molecule has 0 saturated carbocycles. The molecule has 0 fully saturated rings. The summed E-state index contributed by atoms with van der Waals surface area (Å²) in [6, 6.07) is 12.5. The molecular weight excluding hydrogens is 380 g/mol. The number of benzene rings is 2. The van der Waals surface area contributed by atoms with Crippen LogP contribution in [-0.2, 0) is 16.1 Å². The summed E-state index contributed by atoms with van der Waals surface area (Å²) in [5.74, 6) is -0.964. The van der Waals surface area contributed by atoms with Gasteiger partial charge in [-0.3, -0.25) is 10.1 Å². The molecule has 9 heteroatoms. The molecule has 0 unspecified atom stereocenters. The highest BCUT2D eigenvalue weighted by atomic mass is 16.6. The van der Waals surface area contributed by atoms with Gasteiger partial charge in [0, 0.05) is 17.7 Å². The summed E-state index contributed by atoms with van der Waals surface area (Å²) >= 11 is 0. The second-order valence-corrected chi connectivity index (χ2v) is 5.81. The lowest BCUT2D eigenvalue weighted by atomic mass is 10.1. The van der Waals surface area contributed by atoms with E-state index >= 15 is 0 Å². The molecular formula is C20H16N2O7. The van der Waals surface area contributed by atoms with Gasteiger partial charge in [0.15, 0.2) is 12.4 Å². The molecule has 0 saturated heterocycles. The monoisotopic (exact) mass is 396 g/mol. The molecule has 0 bridgehead atoms. The first-order valence-electron chi connectivity index (χ1n) is 8.61. The minimum atomic E-state index is -0.862. The number of aromatic nitrogens is 1. The zero-order valence-electron chi connectivity index (χ0n) is 15.4. The number of rotatable bonds is 7. The summed E-state index contributed by atoms with van der Waals surface area (Å²) in [6.07, 6.45) is 1.50. The van der Waals surface area contributed by atoms with Crippen LogP contribution in [0.3, 0.4) is 0 Å². The Morgan fingerprint density at radius 2 is 1.72 bits per heavy atom. The predicted molar refractivity (Wildman–Crippen MR) is 100 cm³/mol. The van der Waals surface area contributed by atoms with Crippen LogP contribution in [0.25, 0.3) is 11.3 Å². The Morgan fingerprint density at radius 3 is 2.34 bits per heavy atom. The van der Waals surface area contributed by atoms with Crippen molar-refractivity contribution in [3.63, 3.8) is 0 Å². The minimum absolute atomic E-state index is 0.0925. The van der Waals surface area contributed by atoms with Gasteiger partial charge in [0.25, 0.3) is 5.69 Å². The Kier molecular flexibility index (Phi) is 5.98. The van der Waals surface area contributed by atoms with Crippen molar-refractivity contribution in [1.82, 2.24) is 4.98 Å². The average molecular weight is 396 g/mol. The third-order valence-corrected chi connectivity index (χ3v) is 3.81. The number of nitro groups is 1. The van der Waals surface area contributed by atoms with Crippen molar-refractivity contribution in [2.45, 2.75) is 13.5 Å². The average Bonchev–Trinajstić information content (AvgIpc) is 3.21. The fourth-order valence-electron chi connectivity index (χ4n) is 2.49. The van der Waals surface area contributed by atoms with E-state index in [0.717, 1.165) is 17.7 Å². The Labute approximate surface area is 165 Å². The molecule has 148 valence electrons. The van der Waals surface area contributed by atoms with E-state index in [9.17, 15) is 19.7 Å². The van der Waals surface area contributed by atoms with Crippen LogP contribution in [0.4, 0.5) is 5.69 Å². The predicted octanol–water partition coefficient (Wildman–Crippen LogP) is 3.78. The summed E-state index contributed by atoms with van der Waals surface area (Å²) in [5, 5.41) is 11.1. The van der Waals surface area contributed by atoms with Crippen LogP contribution in [-0.4, -0.2) is 28.5 Å². The molecule has 0 amide bonds. The maximum absolute atomic E-state index is 12.3. The van der Waals surface area contributed by atoms with Crippen LogP contribution in [0.2, 0.25) is 0 Å². The Hall–Kier alpha value is -4.01. The normalized spacial score (nSPS) is 10.4. The van der Waals surface area contributed by atoms with E-state index in [1.165, 1.54) is 12.3 Å². The maximum Gasteiger partial charge on any atom is 0.338 e. The number of nitrogens with zero attached hydrogens (tertiary/aromatic N) is 2. The van der Waals surface area contributed by atoms with E-state index in [0.29, 0.717) is 5.76 Å². The Balaban J connectivity index is 1.74. The van der Waals surface area contributed by atoms with Gasteiger partial charge in [-0.15, -0.1) is 0 Å². The van der Waals surface area contributed by atoms with Crippen molar-refractivity contribution >= 4 is 17.6 Å². The van der Waals surface area contributed by atoms with Crippen molar-refractivity contribution in [3.05, 3.63) is 81.9 Å². The lowest BCUT2D eigenvalue weighted by Gasteiger charge is -2.06. The highest BCUT2D eigenvalue weighted by Gasteiger charge is 2.20. The number of oxazole rings is 1. The number of hydrogen-bond donors (Lipinski definition) is 0. The third-order valence-electron chi connectivity index (χ3n) is 3.81. The first-order chi connectivity index (χ1) is 14.0. The molecule has 1 aromatic heterocycles. The standard InChI is InChI=1S/C20H16N2O7/c1-2-27-19(23)14-8-15(10-16(9-14)22(25)26)20(24)28-12-18-21-11-17(29-18)13-6-4-3-5-7-13/h3-11H,2,12H2,1H3. The van der Waals surface area contributed by atoms with Gasteiger partial charge in [-0.1, -0.05) is 30.3 Å². The molecule has 9 nitrogen and oxygen atoms in total. The fourth-order valence-corrected chi connectivity index (χ4v) is 2.49. The Bertz CT molecular complexity index is 1040. The van der Waals surface area contributed by atoms with Gasteiger partial charge < -0.3 is 13.9 Å². The summed E-state index contributed by atoms with van der Waals surface area (Å²) in [5.41, 5.74) is 0.118. The van der Waals surface area contributed by atoms with Crippen LogP contribution < -0.4 is 0 Å². The summed E-state index contributed by atoms with van der Waals surface area (Å²) in [7, 11) is 0. The van der Waals surface area contributed by atoms with Crippen LogP contribution in [0.1, 0.15) is 33.5 Å². The maximum atomic E-state index is 12.3. The number of non-ortho nitro benzene ring substituents is 1. The zero-order chi connectivity index (χ0) is 20.8. The molecule has 29 heavy (non-hydrogen) atoms. The molecule has 0 aliphatic carbocycles. The second kappa shape index (κ2) is 8.79. The first-order valence-corrected chi connectivity index (χ1v) is 8.61. The lowest BCUT2D eigenvalue weighted by molar-refractivity contribution is -0.384. The van der Waals surface area contributed by atoms with Crippen molar-refractivity contribution < 1.29 is 28.4 Å². The second-order valence-electron chi connectivity index (χ2n) is 5.81. The topological polar surface area (TPSA) is 122 Å². The largest absolute Gasteiger partial charge is 0.462 e. The van der Waals surface area contributed by atoms with Crippen molar-refractivity contribution in [2.24, 2.45) is 0 Å². The summed E-state index contributed by atoms with van der Waals surface area (Å²) in [6.45, 7) is 1.42. The fraction of sp³-hybridized carbons (Fsp3) is 0.150. The molecule has 0 N–H and O–H groups in total. The molecule has 0 spiro atoms. The van der Waals surface area contributed by atoms with E-state index in [2.05, 4.69) is 4.98 Å². The molecule has 0 aliphatic heterocycles.